The zero-order valence-electron chi connectivity index (χ0n) is 17.3. The van der Waals surface area contributed by atoms with Crippen LogP contribution in [0.3, 0.4) is 0 Å². The van der Waals surface area contributed by atoms with E-state index in [0.717, 1.165) is 35.7 Å². The number of aryl methyl sites for hydroxylation is 3. The Labute approximate surface area is 171 Å². The number of hydrogen-bond acceptors (Lipinski definition) is 5. The number of rotatable bonds is 3. The van der Waals surface area contributed by atoms with Crippen LogP contribution in [0.25, 0.3) is 0 Å². The number of aromatic nitrogens is 2. The fourth-order valence-corrected chi connectivity index (χ4v) is 4.56. The molecule has 29 heavy (non-hydrogen) atoms. The van der Waals surface area contributed by atoms with Gasteiger partial charge in [0.25, 0.3) is 0 Å². The Bertz CT molecular complexity index is 899. The average molecular weight is 393 g/mol. The zero-order chi connectivity index (χ0) is 20.5. The molecule has 0 bridgehead atoms. The molecule has 0 saturated carbocycles. The third kappa shape index (κ3) is 3.81. The van der Waals surface area contributed by atoms with Gasteiger partial charge in [-0.2, -0.15) is 0 Å². The number of carbonyl (C=O) groups excluding carboxylic acids is 2. The van der Waals surface area contributed by atoms with Crippen molar-refractivity contribution in [2.24, 2.45) is 5.92 Å². The van der Waals surface area contributed by atoms with Crippen LogP contribution in [-0.4, -0.2) is 59.4 Å². The summed E-state index contributed by atoms with van der Waals surface area (Å²) in [6.45, 7) is 9.32. The standard InChI is InChI=1S/C22H27N5O2/c1-15-10-16(2)21(17(3)11-15)27-14-18(12-20(27)28)22(29)26-8-6-25(7-9-26)19-13-23-4-5-24-19/h4-5,10-11,13,18H,6-9,12,14H2,1-3H3. The van der Waals surface area contributed by atoms with E-state index in [0.29, 0.717) is 19.6 Å². The highest BCUT2D eigenvalue weighted by Gasteiger charge is 2.38. The Hall–Kier alpha value is -2.96. The summed E-state index contributed by atoms with van der Waals surface area (Å²) >= 11 is 0. The van der Waals surface area contributed by atoms with Gasteiger partial charge in [-0.1, -0.05) is 17.7 Å². The quantitative estimate of drug-likeness (QED) is 0.799. The third-order valence-electron chi connectivity index (χ3n) is 5.84. The Morgan fingerprint density at radius 1 is 1.03 bits per heavy atom. The van der Waals surface area contributed by atoms with E-state index in [-0.39, 0.29) is 24.2 Å². The van der Waals surface area contributed by atoms with Crippen LogP contribution in [0.4, 0.5) is 11.5 Å². The van der Waals surface area contributed by atoms with E-state index >= 15 is 0 Å². The Kier molecular flexibility index (Phi) is 5.22. The van der Waals surface area contributed by atoms with Gasteiger partial charge in [0.1, 0.15) is 5.82 Å². The zero-order valence-corrected chi connectivity index (χ0v) is 17.3. The number of piperazine rings is 1. The summed E-state index contributed by atoms with van der Waals surface area (Å²) in [6, 6.07) is 4.19. The molecule has 2 aliphatic rings. The summed E-state index contributed by atoms with van der Waals surface area (Å²) in [5.74, 6) is 0.691. The second-order valence-electron chi connectivity index (χ2n) is 8.03. The highest BCUT2D eigenvalue weighted by atomic mass is 16.2. The molecule has 1 unspecified atom stereocenters. The van der Waals surface area contributed by atoms with Gasteiger partial charge >= 0.3 is 0 Å². The second-order valence-corrected chi connectivity index (χ2v) is 8.03. The lowest BCUT2D eigenvalue weighted by atomic mass is 10.0. The molecule has 0 aliphatic carbocycles. The largest absolute Gasteiger partial charge is 0.352 e. The van der Waals surface area contributed by atoms with Crippen molar-refractivity contribution < 1.29 is 9.59 Å². The van der Waals surface area contributed by atoms with E-state index in [1.54, 1.807) is 18.6 Å². The predicted octanol–water partition coefficient (Wildman–Crippen LogP) is 2.10. The summed E-state index contributed by atoms with van der Waals surface area (Å²) in [5, 5.41) is 0. The van der Waals surface area contributed by atoms with Crippen LogP contribution in [-0.2, 0) is 9.59 Å². The molecule has 2 saturated heterocycles. The summed E-state index contributed by atoms with van der Waals surface area (Å²) < 4.78 is 0. The average Bonchev–Trinajstić information content (AvgIpc) is 3.09. The maximum atomic E-state index is 13.1. The van der Waals surface area contributed by atoms with E-state index < -0.39 is 0 Å². The van der Waals surface area contributed by atoms with Gasteiger partial charge in [-0.15, -0.1) is 0 Å². The van der Waals surface area contributed by atoms with Gasteiger partial charge in [0.05, 0.1) is 12.1 Å². The summed E-state index contributed by atoms with van der Waals surface area (Å²) in [6.07, 6.45) is 5.37. The number of hydrogen-bond donors (Lipinski definition) is 0. The van der Waals surface area contributed by atoms with Crippen LogP contribution < -0.4 is 9.80 Å². The molecule has 7 nitrogen and oxygen atoms in total. The minimum atomic E-state index is -0.273. The van der Waals surface area contributed by atoms with E-state index in [2.05, 4.69) is 33.9 Å². The molecule has 2 fully saturated rings. The molecule has 2 amide bonds. The smallest absolute Gasteiger partial charge is 0.228 e. The monoisotopic (exact) mass is 393 g/mol. The van der Waals surface area contributed by atoms with E-state index in [4.69, 9.17) is 0 Å². The van der Waals surface area contributed by atoms with Crippen molar-refractivity contribution in [3.8, 4) is 0 Å². The molecule has 0 radical (unpaired) electrons. The van der Waals surface area contributed by atoms with Crippen molar-refractivity contribution in [2.45, 2.75) is 27.2 Å². The molecule has 7 heteroatoms. The SMILES string of the molecule is Cc1cc(C)c(N2CC(C(=O)N3CCN(c4cnccn4)CC3)CC2=O)c(C)c1. The summed E-state index contributed by atoms with van der Waals surface area (Å²) in [4.78, 5) is 40.1. The highest BCUT2D eigenvalue weighted by Crippen LogP contribution is 2.32. The molecule has 2 aliphatic heterocycles. The first-order valence-electron chi connectivity index (χ1n) is 10.1. The maximum absolute atomic E-state index is 13.1. The van der Waals surface area contributed by atoms with Crippen LogP contribution in [0.1, 0.15) is 23.1 Å². The van der Waals surface area contributed by atoms with Gasteiger partial charge in [-0.05, 0) is 31.9 Å². The number of amides is 2. The molecule has 0 N–H and O–H groups in total. The molecular weight excluding hydrogens is 366 g/mol. The Morgan fingerprint density at radius 2 is 1.72 bits per heavy atom. The topological polar surface area (TPSA) is 69.6 Å². The summed E-state index contributed by atoms with van der Waals surface area (Å²) in [7, 11) is 0. The fourth-order valence-electron chi connectivity index (χ4n) is 4.56. The van der Waals surface area contributed by atoms with Crippen LogP contribution in [0.5, 0.6) is 0 Å². The third-order valence-corrected chi connectivity index (χ3v) is 5.84. The van der Waals surface area contributed by atoms with Gasteiger partial charge in [-0.25, -0.2) is 4.98 Å². The highest BCUT2D eigenvalue weighted by molar-refractivity contribution is 6.01. The molecule has 2 aromatic rings. The van der Waals surface area contributed by atoms with Crippen molar-refractivity contribution in [1.29, 1.82) is 0 Å². The molecule has 4 rings (SSSR count). The summed E-state index contributed by atoms with van der Waals surface area (Å²) in [5.41, 5.74) is 4.32. The van der Waals surface area contributed by atoms with Crippen LogP contribution >= 0.6 is 0 Å². The number of carbonyl (C=O) groups is 2. The second kappa shape index (κ2) is 7.81. The molecule has 152 valence electrons. The lowest BCUT2D eigenvalue weighted by Gasteiger charge is -2.36. The first-order chi connectivity index (χ1) is 13.9. The minimum Gasteiger partial charge on any atom is -0.352 e. The number of benzene rings is 1. The van der Waals surface area contributed by atoms with Gasteiger partial charge in [0.15, 0.2) is 0 Å². The molecule has 0 spiro atoms. The van der Waals surface area contributed by atoms with Crippen molar-refractivity contribution in [1.82, 2.24) is 14.9 Å². The van der Waals surface area contributed by atoms with Crippen molar-refractivity contribution >= 4 is 23.3 Å². The molecule has 1 atom stereocenters. The normalized spacial score (nSPS) is 19.8. The molecular formula is C22H27N5O2. The van der Waals surface area contributed by atoms with Gasteiger partial charge in [0, 0.05) is 57.2 Å². The number of anilines is 2. The minimum absolute atomic E-state index is 0.0385. The fraction of sp³-hybridized carbons (Fsp3) is 0.455. The molecule has 1 aromatic heterocycles. The molecule has 1 aromatic carbocycles. The van der Waals surface area contributed by atoms with Crippen LogP contribution in [0, 0.1) is 26.7 Å². The van der Waals surface area contributed by atoms with Crippen molar-refractivity contribution in [3.05, 3.63) is 47.4 Å². The maximum Gasteiger partial charge on any atom is 0.228 e. The van der Waals surface area contributed by atoms with Gasteiger partial charge in [-0.3, -0.25) is 14.6 Å². The first-order valence-corrected chi connectivity index (χ1v) is 10.1. The molecule has 3 heterocycles. The first kappa shape index (κ1) is 19.4. The van der Waals surface area contributed by atoms with Gasteiger partial charge in [0.2, 0.25) is 11.8 Å². The van der Waals surface area contributed by atoms with Crippen molar-refractivity contribution in [3.63, 3.8) is 0 Å². The van der Waals surface area contributed by atoms with Gasteiger partial charge < -0.3 is 14.7 Å². The van der Waals surface area contributed by atoms with E-state index in [1.165, 1.54) is 5.56 Å². The van der Waals surface area contributed by atoms with E-state index in [1.807, 2.05) is 23.6 Å². The van der Waals surface area contributed by atoms with Crippen LogP contribution in [0.15, 0.2) is 30.7 Å². The van der Waals surface area contributed by atoms with Crippen molar-refractivity contribution in [2.75, 3.05) is 42.5 Å². The predicted molar refractivity (Wildman–Crippen MR) is 112 cm³/mol. The van der Waals surface area contributed by atoms with Crippen LogP contribution in [0.2, 0.25) is 0 Å². The lowest BCUT2D eigenvalue weighted by Crippen LogP contribution is -2.51. The number of nitrogens with zero attached hydrogens (tertiary/aromatic N) is 5. The Balaban J connectivity index is 1.42. The van der Waals surface area contributed by atoms with E-state index in [9.17, 15) is 9.59 Å². The lowest BCUT2D eigenvalue weighted by molar-refractivity contribution is -0.136. The Morgan fingerprint density at radius 3 is 2.34 bits per heavy atom.